The van der Waals surface area contributed by atoms with Gasteiger partial charge >= 0.3 is 17.9 Å². The van der Waals surface area contributed by atoms with Gasteiger partial charge in [0.25, 0.3) is 0 Å². The number of carbonyl (C=O) groups excluding carboxylic acids is 2. The fourth-order valence-corrected chi connectivity index (χ4v) is 4.65. The minimum absolute atomic E-state index is 0.0287. The van der Waals surface area contributed by atoms with Gasteiger partial charge < -0.3 is 29.2 Å². The molecule has 2 rings (SSSR count). The van der Waals surface area contributed by atoms with Crippen LogP contribution in [0, 0.1) is 5.92 Å². The minimum atomic E-state index is -1.14. The summed E-state index contributed by atoms with van der Waals surface area (Å²) in [5, 5.41) is 18.2. The van der Waals surface area contributed by atoms with Crippen LogP contribution < -0.4 is 4.74 Å². The summed E-state index contributed by atoms with van der Waals surface area (Å²) in [6, 6.07) is 7.76. The third kappa shape index (κ3) is 13.8. The van der Waals surface area contributed by atoms with E-state index in [9.17, 15) is 19.5 Å². The summed E-state index contributed by atoms with van der Waals surface area (Å²) in [6.45, 7) is 11.2. The van der Waals surface area contributed by atoms with E-state index in [-0.39, 0.29) is 44.0 Å². The number of aliphatic hydroxyl groups excluding tert-OH is 1. The molecule has 2 unspecified atom stereocenters. The molecule has 1 aliphatic carbocycles. The van der Waals surface area contributed by atoms with Crippen molar-refractivity contribution >= 4 is 23.5 Å². The first kappa shape index (κ1) is 35.3. The molecule has 2 atom stereocenters. The maximum Gasteiger partial charge on any atom is 0.334 e. The second kappa shape index (κ2) is 19.4. The Morgan fingerprint density at radius 3 is 2.30 bits per heavy atom. The number of hydrogen-bond donors (Lipinski definition) is 2. The lowest BCUT2D eigenvalue weighted by molar-refractivity contribution is -0.143. The molecule has 0 saturated heterocycles. The Morgan fingerprint density at radius 2 is 1.63 bits per heavy atom. The quantitative estimate of drug-likeness (QED) is 0.0969. The standard InChI is InChI=1S/C34H46O9/c1-5-6-7-8-9-11-27-14-15-30(41-17-19-43-34(39)25(3)21-32(36)37)23-31(27)28-12-10-13-29(22-28)40-16-18-42-33(38)24(2)20-26(4)35/h10,12-13,15,22-23,26-27,35H,2-3,5-9,11,14,16-21H2,1,4H3,(H,36,37). The molecule has 0 radical (unpaired) electrons. The molecule has 2 N–H and O–H groups in total. The highest BCUT2D eigenvalue weighted by Gasteiger charge is 2.21. The molecule has 43 heavy (non-hydrogen) atoms. The average molecular weight is 599 g/mol. The molecular weight excluding hydrogens is 552 g/mol. The normalized spacial score (nSPS) is 15.0. The molecule has 1 aromatic rings. The van der Waals surface area contributed by atoms with E-state index in [1.54, 1.807) is 6.92 Å². The number of benzene rings is 1. The molecule has 0 aromatic heterocycles. The van der Waals surface area contributed by atoms with Crippen LogP contribution in [-0.4, -0.2) is 60.7 Å². The topological polar surface area (TPSA) is 129 Å². The summed E-state index contributed by atoms with van der Waals surface area (Å²) in [4.78, 5) is 34.6. The zero-order valence-electron chi connectivity index (χ0n) is 25.5. The van der Waals surface area contributed by atoms with Gasteiger partial charge in [0, 0.05) is 17.6 Å². The van der Waals surface area contributed by atoms with Crippen LogP contribution >= 0.6 is 0 Å². The van der Waals surface area contributed by atoms with E-state index in [4.69, 9.17) is 24.1 Å². The maximum atomic E-state index is 12.0. The van der Waals surface area contributed by atoms with Crippen LogP contribution in [-0.2, 0) is 28.6 Å². The first-order chi connectivity index (χ1) is 20.6. The Morgan fingerprint density at radius 1 is 0.953 bits per heavy atom. The maximum absolute atomic E-state index is 12.0. The highest BCUT2D eigenvalue weighted by atomic mass is 16.6. The van der Waals surface area contributed by atoms with E-state index in [2.05, 4.69) is 20.1 Å². The number of ether oxygens (including phenoxy) is 4. The van der Waals surface area contributed by atoms with Crippen molar-refractivity contribution in [3.63, 3.8) is 0 Å². The monoisotopic (exact) mass is 598 g/mol. The molecule has 0 aliphatic heterocycles. The number of carboxylic acids is 1. The third-order valence-electron chi connectivity index (χ3n) is 6.82. The zero-order valence-corrected chi connectivity index (χ0v) is 25.5. The lowest BCUT2D eigenvalue weighted by Crippen LogP contribution is -2.16. The highest BCUT2D eigenvalue weighted by molar-refractivity contribution is 5.92. The van der Waals surface area contributed by atoms with Crippen molar-refractivity contribution in [2.75, 3.05) is 26.4 Å². The predicted molar refractivity (Wildman–Crippen MR) is 164 cm³/mol. The highest BCUT2D eigenvalue weighted by Crippen LogP contribution is 2.37. The number of aliphatic hydroxyl groups is 1. The molecule has 1 aromatic carbocycles. The van der Waals surface area contributed by atoms with Gasteiger partial charge in [-0.25, -0.2) is 9.59 Å². The van der Waals surface area contributed by atoms with Crippen molar-refractivity contribution in [1.29, 1.82) is 0 Å². The number of hydrogen-bond acceptors (Lipinski definition) is 8. The molecule has 0 amide bonds. The van der Waals surface area contributed by atoms with Crippen LogP contribution in [0.5, 0.6) is 5.75 Å². The first-order valence-corrected chi connectivity index (χ1v) is 15.0. The number of rotatable bonds is 21. The SMILES string of the molecule is C=C(CC(=O)O)C(=O)OCCOC1=CCC(CCCCCCC)C(c2cccc(OCCOC(=O)C(=C)CC(C)O)c2)=C1. The van der Waals surface area contributed by atoms with Crippen LogP contribution in [0.15, 0.2) is 66.5 Å². The van der Waals surface area contributed by atoms with Gasteiger partial charge in [-0.3, -0.25) is 4.79 Å². The largest absolute Gasteiger partial charge is 0.490 e. The Bertz CT molecular complexity index is 1160. The fraction of sp³-hybridized carbons (Fsp3) is 0.500. The smallest absolute Gasteiger partial charge is 0.334 e. The van der Waals surface area contributed by atoms with E-state index < -0.39 is 30.4 Å². The number of unbranched alkanes of at least 4 members (excludes halogenated alkanes) is 4. The van der Waals surface area contributed by atoms with Crippen molar-refractivity contribution in [2.45, 2.75) is 77.7 Å². The van der Waals surface area contributed by atoms with Gasteiger partial charge in [0.2, 0.25) is 0 Å². The lowest BCUT2D eigenvalue weighted by atomic mass is 9.82. The van der Waals surface area contributed by atoms with Crippen molar-refractivity contribution in [3.8, 4) is 5.75 Å². The van der Waals surface area contributed by atoms with E-state index in [0.717, 1.165) is 30.4 Å². The number of esters is 2. The van der Waals surface area contributed by atoms with E-state index in [0.29, 0.717) is 17.4 Å². The average Bonchev–Trinajstić information content (AvgIpc) is 2.97. The Kier molecular flexibility index (Phi) is 15.9. The predicted octanol–water partition coefficient (Wildman–Crippen LogP) is 6.17. The number of carboxylic acid groups (broad SMARTS) is 1. The van der Waals surface area contributed by atoms with Crippen LogP contribution in [0.3, 0.4) is 0 Å². The summed E-state index contributed by atoms with van der Waals surface area (Å²) in [5.41, 5.74) is 2.24. The van der Waals surface area contributed by atoms with Gasteiger partial charge in [-0.05, 0) is 61.1 Å². The van der Waals surface area contributed by atoms with Crippen LogP contribution in [0.1, 0.15) is 77.2 Å². The molecule has 0 heterocycles. The van der Waals surface area contributed by atoms with Crippen LogP contribution in [0.4, 0.5) is 0 Å². The van der Waals surface area contributed by atoms with Gasteiger partial charge in [0.05, 0.1) is 12.5 Å². The third-order valence-corrected chi connectivity index (χ3v) is 6.82. The fourth-order valence-electron chi connectivity index (χ4n) is 4.65. The first-order valence-electron chi connectivity index (χ1n) is 15.0. The molecule has 0 fully saturated rings. The number of allylic oxidation sites excluding steroid dienone is 3. The van der Waals surface area contributed by atoms with Crippen LogP contribution in [0.25, 0.3) is 5.57 Å². The zero-order chi connectivity index (χ0) is 31.6. The molecule has 9 heteroatoms. The molecule has 236 valence electrons. The van der Waals surface area contributed by atoms with Gasteiger partial charge in [0.15, 0.2) is 0 Å². The summed E-state index contributed by atoms with van der Waals surface area (Å²) >= 11 is 0. The molecule has 0 bridgehead atoms. The van der Waals surface area contributed by atoms with Crippen molar-refractivity contribution in [3.05, 3.63) is 72.0 Å². The summed E-state index contributed by atoms with van der Waals surface area (Å²) in [7, 11) is 0. The lowest BCUT2D eigenvalue weighted by Gasteiger charge is -2.25. The summed E-state index contributed by atoms with van der Waals surface area (Å²) in [6.07, 6.45) is 10.9. The van der Waals surface area contributed by atoms with E-state index >= 15 is 0 Å². The molecular formula is C34H46O9. The van der Waals surface area contributed by atoms with Gasteiger partial charge in [-0.1, -0.05) is 64.3 Å². The molecule has 9 nitrogen and oxygen atoms in total. The molecule has 0 saturated carbocycles. The molecule has 0 spiro atoms. The minimum Gasteiger partial charge on any atom is -0.490 e. The second-order valence-electron chi connectivity index (χ2n) is 10.7. The van der Waals surface area contributed by atoms with Crippen molar-refractivity contribution in [2.24, 2.45) is 5.92 Å². The number of carbonyl (C=O) groups is 3. The Hall–Kier alpha value is -3.85. The molecule has 1 aliphatic rings. The summed E-state index contributed by atoms with van der Waals surface area (Å²) < 4.78 is 22.0. The van der Waals surface area contributed by atoms with Crippen molar-refractivity contribution < 1.29 is 43.5 Å². The van der Waals surface area contributed by atoms with Gasteiger partial charge in [-0.15, -0.1) is 0 Å². The van der Waals surface area contributed by atoms with Crippen molar-refractivity contribution in [1.82, 2.24) is 0 Å². The number of aliphatic carboxylic acids is 1. The Balaban J connectivity index is 2.01. The second-order valence-corrected chi connectivity index (χ2v) is 10.7. The van der Waals surface area contributed by atoms with E-state index in [1.807, 2.05) is 36.4 Å². The van der Waals surface area contributed by atoms with Gasteiger partial charge in [-0.2, -0.15) is 0 Å². The Labute approximate surface area is 254 Å². The summed E-state index contributed by atoms with van der Waals surface area (Å²) in [5.74, 6) is -0.817. The van der Waals surface area contributed by atoms with Gasteiger partial charge in [0.1, 0.15) is 37.9 Å². The van der Waals surface area contributed by atoms with E-state index in [1.165, 1.54) is 25.7 Å². The van der Waals surface area contributed by atoms with Crippen LogP contribution in [0.2, 0.25) is 0 Å².